The Labute approximate surface area is 106 Å². The summed E-state index contributed by atoms with van der Waals surface area (Å²) in [6, 6.07) is -1.37. The van der Waals surface area contributed by atoms with Gasteiger partial charge in [0.25, 0.3) is 0 Å². The Balaban J connectivity index is 4.06. The highest BCUT2D eigenvalue weighted by atomic mass is 31.2. The highest BCUT2D eigenvalue weighted by Gasteiger charge is 2.25. The fourth-order valence-corrected chi connectivity index (χ4v) is 1.76. The first-order valence-electron chi connectivity index (χ1n) is 5.54. The molecule has 0 aliphatic carbocycles. The van der Waals surface area contributed by atoms with Crippen molar-refractivity contribution in [1.82, 2.24) is 0 Å². The van der Waals surface area contributed by atoms with E-state index in [1.165, 1.54) is 0 Å². The van der Waals surface area contributed by atoms with E-state index in [1.54, 1.807) is 6.92 Å². The zero-order chi connectivity index (χ0) is 14.2. The molecular weight excluding hydrogens is 265 g/mol. The number of ether oxygens (including phenoxy) is 1. The summed E-state index contributed by atoms with van der Waals surface area (Å²) in [5.74, 6) is -1.32. The Morgan fingerprint density at radius 3 is 2.33 bits per heavy atom. The normalized spacial score (nSPS) is 18.0. The molecule has 0 aromatic rings. The van der Waals surface area contributed by atoms with Gasteiger partial charge >= 0.3 is 13.8 Å². The largest absolute Gasteiger partial charge is 0.480 e. The van der Waals surface area contributed by atoms with Crippen LogP contribution in [-0.4, -0.2) is 47.9 Å². The summed E-state index contributed by atoms with van der Waals surface area (Å²) in [6.07, 6.45) is 0.301. The van der Waals surface area contributed by atoms with Crippen LogP contribution < -0.4 is 5.73 Å². The molecule has 0 aromatic heterocycles. The minimum absolute atomic E-state index is 0.111. The molecule has 0 saturated carbocycles. The van der Waals surface area contributed by atoms with Gasteiger partial charge in [0.15, 0.2) is 0 Å². The number of carboxylic acid groups (broad SMARTS) is 1. The van der Waals surface area contributed by atoms with Crippen molar-refractivity contribution in [2.45, 2.75) is 32.4 Å². The predicted octanol–water partition coefficient (Wildman–Crippen LogP) is 0.347. The van der Waals surface area contributed by atoms with Crippen molar-refractivity contribution in [3.63, 3.8) is 0 Å². The first-order chi connectivity index (χ1) is 8.32. The van der Waals surface area contributed by atoms with Crippen molar-refractivity contribution in [3.8, 4) is 0 Å². The van der Waals surface area contributed by atoms with E-state index in [-0.39, 0.29) is 12.7 Å². The first kappa shape index (κ1) is 17.5. The number of aliphatic carboxylic acids is 1. The first-order valence-corrected chi connectivity index (χ1v) is 7.03. The molecular formula is C9H20NO7P. The number of hydrogen-bond acceptors (Lipinski definition) is 6. The van der Waals surface area contributed by atoms with Crippen LogP contribution in [0, 0.1) is 0 Å². The summed E-state index contributed by atoms with van der Waals surface area (Å²) in [6.45, 7) is 3.38. The van der Waals surface area contributed by atoms with Gasteiger partial charge in [-0.05, 0) is 13.3 Å². The van der Waals surface area contributed by atoms with Crippen LogP contribution in [0.5, 0.6) is 0 Å². The molecule has 0 fully saturated rings. The van der Waals surface area contributed by atoms with Crippen LogP contribution in [0.3, 0.4) is 0 Å². The average molecular weight is 285 g/mol. The van der Waals surface area contributed by atoms with Crippen LogP contribution >= 0.6 is 7.82 Å². The number of phosphoric ester groups is 1. The molecule has 0 radical (unpaired) electrons. The Morgan fingerprint density at radius 2 is 1.89 bits per heavy atom. The zero-order valence-corrected chi connectivity index (χ0v) is 11.3. The Bertz CT molecular complexity index is 299. The van der Waals surface area contributed by atoms with Gasteiger partial charge in [-0.1, -0.05) is 6.92 Å². The van der Waals surface area contributed by atoms with Crippen molar-refractivity contribution < 1.29 is 33.1 Å². The van der Waals surface area contributed by atoms with Gasteiger partial charge in [-0.15, -0.1) is 0 Å². The predicted molar refractivity (Wildman–Crippen MR) is 63.0 cm³/mol. The third-order valence-corrected chi connectivity index (χ3v) is 2.97. The molecule has 0 heterocycles. The van der Waals surface area contributed by atoms with Crippen LogP contribution in [0.4, 0.5) is 0 Å². The molecule has 0 aromatic carbocycles. The van der Waals surface area contributed by atoms with Crippen LogP contribution in [0.2, 0.25) is 0 Å². The summed E-state index contributed by atoms with van der Waals surface area (Å²) in [5.41, 5.74) is 5.12. The fraction of sp³-hybridized carbons (Fsp3) is 0.889. The molecule has 0 saturated heterocycles. The molecule has 0 amide bonds. The summed E-state index contributed by atoms with van der Waals surface area (Å²) in [5, 5.41) is 8.47. The van der Waals surface area contributed by atoms with E-state index in [2.05, 4.69) is 9.05 Å². The summed E-state index contributed by atoms with van der Waals surface area (Å²) < 4.78 is 25.7. The number of nitrogens with two attached hydrogens (primary N) is 1. The second-order valence-corrected chi connectivity index (χ2v) is 4.94. The molecule has 0 rings (SSSR count). The molecule has 3 unspecified atom stereocenters. The SMILES string of the molecule is CCOC(CC)COP(=O)(O)OCC(N)C(=O)O. The van der Waals surface area contributed by atoms with Gasteiger partial charge in [0.1, 0.15) is 6.04 Å². The minimum atomic E-state index is -4.30. The number of carbonyl (C=O) groups is 1. The van der Waals surface area contributed by atoms with Crippen LogP contribution in [0.25, 0.3) is 0 Å². The lowest BCUT2D eigenvalue weighted by molar-refractivity contribution is -0.139. The maximum atomic E-state index is 11.4. The third-order valence-electron chi connectivity index (χ3n) is 2.02. The molecule has 8 nitrogen and oxygen atoms in total. The zero-order valence-electron chi connectivity index (χ0n) is 10.4. The van der Waals surface area contributed by atoms with Crippen molar-refractivity contribution in [3.05, 3.63) is 0 Å². The molecule has 0 bridgehead atoms. The highest BCUT2D eigenvalue weighted by Crippen LogP contribution is 2.43. The lowest BCUT2D eigenvalue weighted by Crippen LogP contribution is -2.34. The Kier molecular flexibility index (Phi) is 8.34. The quantitative estimate of drug-likeness (QED) is 0.490. The van der Waals surface area contributed by atoms with Crippen molar-refractivity contribution in [1.29, 1.82) is 0 Å². The van der Waals surface area contributed by atoms with E-state index >= 15 is 0 Å². The lowest BCUT2D eigenvalue weighted by Gasteiger charge is -2.18. The topological polar surface area (TPSA) is 128 Å². The maximum absolute atomic E-state index is 11.4. The summed E-state index contributed by atoms with van der Waals surface area (Å²) >= 11 is 0. The van der Waals surface area contributed by atoms with Gasteiger partial charge in [-0.3, -0.25) is 13.8 Å². The van der Waals surface area contributed by atoms with E-state index in [0.717, 1.165) is 0 Å². The Hall–Kier alpha value is -0.500. The van der Waals surface area contributed by atoms with E-state index in [0.29, 0.717) is 13.0 Å². The van der Waals surface area contributed by atoms with E-state index in [4.69, 9.17) is 15.6 Å². The molecule has 9 heteroatoms. The van der Waals surface area contributed by atoms with Crippen LogP contribution in [0.15, 0.2) is 0 Å². The van der Waals surface area contributed by atoms with Gasteiger partial charge in [-0.2, -0.15) is 0 Å². The van der Waals surface area contributed by atoms with Gasteiger partial charge in [0, 0.05) is 6.61 Å². The van der Waals surface area contributed by atoms with Gasteiger partial charge < -0.3 is 20.5 Å². The average Bonchev–Trinajstić information content (AvgIpc) is 2.31. The lowest BCUT2D eigenvalue weighted by atomic mass is 10.3. The maximum Gasteiger partial charge on any atom is 0.472 e. The molecule has 0 aliphatic rings. The molecule has 3 atom stereocenters. The molecule has 0 spiro atoms. The van der Waals surface area contributed by atoms with E-state index in [9.17, 15) is 14.3 Å². The Morgan fingerprint density at radius 1 is 1.33 bits per heavy atom. The molecule has 4 N–H and O–H groups in total. The molecule has 108 valence electrons. The molecule has 18 heavy (non-hydrogen) atoms. The van der Waals surface area contributed by atoms with Crippen LogP contribution in [0.1, 0.15) is 20.3 Å². The van der Waals surface area contributed by atoms with Crippen LogP contribution in [-0.2, 0) is 23.1 Å². The van der Waals surface area contributed by atoms with Crippen molar-refractivity contribution in [2.75, 3.05) is 19.8 Å². The van der Waals surface area contributed by atoms with Crippen molar-refractivity contribution >= 4 is 13.8 Å². The van der Waals surface area contributed by atoms with Crippen molar-refractivity contribution in [2.24, 2.45) is 5.73 Å². The van der Waals surface area contributed by atoms with Gasteiger partial charge in [0.05, 0.1) is 19.3 Å². The minimum Gasteiger partial charge on any atom is -0.480 e. The summed E-state index contributed by atoms with van der Waals surface area (Å²) in [4.78, 5) is 19.6. The van der Waals surface area contributed by atoms with Gasteiger partial charge in [0.2, 0.25) is 0 Å². The number of rotatable bonds is 10. The summed E-state index contributed by atoms with van der Waals surface area (Å²) in [7, 11) is -4.30. The van der Waals surface area contributed by atoms with E-state index < -0.39 is 26.4 Å². The number of phosphoric acid groups is 1. The monoisotopic (exact) mass is 285 g/mol. The number of carboxylic acids is 1. The van der Waals surface area contributed by atoms with E-state index in [1.807, 2.05) is 6.92 Å². The molecule has 0 aliphatic heterocycles. The number of hydrogen-bond donors (Lipinski definition) is 3. The fourth-order valence-electron chi connectivity index (χ4n) is 0.980. The highest BCUT2D eigenvalue weighted by molar-refractivity contribution is 7.47. The smallest absolute Gasteiger partial charge is 0.472 e. The standard InChI is InChI=1S/C9H20NO7P/c1-3-7(15-4-2)5-16-18(13,14)17-6-8(10)9(11)12/h7-8H,3-6,10H2,1-2H3,(H,11,12)(H,13,14). The third kappa shape index (κ3) is 7.75. The van der Waals surface area contributed by atoms with Gasteiger partial charge in [-0.25, -0.2) is 4.57 Å². The second kappa shape index (κ2) is 8.58. The second-order valence-electron chi connectivity index (χ2n) is 3.49.